The van der Waals surface area contributed by atoms with E-state index < -0.39 is 16.1 Å². The summed E-state index contributed by atoms with van der Waals surface area (Å²) in [5.41, 5.74) is 3.77. The second-order valence-corrected chi connectivity index (χ2v) is 9.79. The van der Waals surface area contributed by atoms with Gasteiger partial charge in [0, 0.05) is 11.1 Å². The van der Waals surface area contributed by atoms with Gasteiger partial charge in [-0.2, -0.15) is 0 Å². The quantitative estimate of drug-likeness (QED) is 0.698. The van der Waals surface area contributed by atoms with E-state index in [9.17, 15) is 13.2 Å². The predicted octanol–water partition coefficient (Wildman–Crippen LogP) is 3.49. The van der Waals surface area contributed by atoms with Crippen molar-refractivity contribution < 1.29 is 17.9 Å². The number of hydrogen-bond acceptors (Lipinski definition) is 4. The third kappa shape index (κ3) is 3.01. The molecule has 5 rings (SSSR count). The van der Waals surface area contributed by atoms with Gasteiger partial charge in [0.15, 0.2) is 6.10 Å². The van der Waals surface area contributed by atoms with E-state index in [0.29, 0.717) is 11.4 Å². The Morgan fingerprint density at radius 3 is 2.63 bits per heavy atom. The molecule has 7 heteroatoms. The van der Waals surface area contributed by atoms with Crippen LogP contribution in [0, 0.1) is 0 Å². The van der Waals surface area contributed by atoms with Crippen molar-refractivity contribution in [2.45, 2.75) is 25.9 Å². The summed E-state index contributed by atoms with van der Waals surface area (Å²) >= 11 is 0. The molecule has 6 nitrogen and oxygen atoms in total. The number of ether oxygens (including phenoxy) is 1. The monoisotopic (exact) mass is 422 g/mol. The molecule has 0 aromatic heterocycles. The molecule has 1 aliphatic carbocycles. The molecule has 1 atom stereocenters. The Balaban J connectivity index is 1.47. The summed E-state index contributed by atoms with van der Waals surface area (Å²) < 4.78 is 32.4. The number of nitrogens with zero attached hydrogens (tertiary/aromatic N) is 1. The van der Waals surface area contributed by atoms with Gasteiger partial charge >= 0.3 is 0 Å². The Labute approximate surface area is 175 Å². The Bertz CT molecular complexity index is 1260. The first-order chi connectivity index (χ1) is 14.5. The van der Waals surface area contributed by atoms with Crippen LogP contribution in [0.15, 0.2) is 54.6 Å². The second kappa shape index (κ2) is 7.02. The van der Waals surface area contributed by atoms with Gasteiger partial charge in [0.2, 0.25) is 10.0 Å². The summed E-state index contributed by atoms with van der Waals surface area (Å²) in [5, 5.41) is 5.19. The lowest BCUT2D eigenvalue weighted by atomic mass is 10.0. The van der Waals surface area contributed by atoms with E-state index in [1.165, 1.54) is 20.8 Å². The van der Waals surface area contributed by atoms with Gasteiger partial charge in [0.05, 0.1) is 18.0 Å². The molecule has 0 saturated heterocycles. The number of para-hydroxylation sites is 2. The zero-order valence-corrected chi connectivity index (χ0v) is 17.4. The molecule has 1 aliphatic heterocycles. The van der Waals surface area contributed by atoms with Gasteiger partial charge in [0.1, 0.15) is 5.75 Å². The molecule has 2 aliphatic rings. The van der Waals surface area contributed by atoms with Crippen LogP contribution in [0.3, 0.4) is 0 Å². The first-order valence-electron chi connectivity index (χ1n) is 10.1. The summed E-state index contributed by atoms with van der Waals surface area (Å²) in [4.78, 5) is 13.1. The van der Waals surface area contributed by atoms with E-state index in [2.05, 4.69) is 17.4 Å². The van der Waals surface area contributed by atoms with Crippen molar-refractivity contribution in [2.24, 2.45) is 0 Å². The highest BCUT2D eigenvalue weighted by atomic mass is 32.2. The molecule has 30 heavy (non-hydrogen) atoms. The number of benzene rings is 3. The second-order valence-electron chi connectivity index (χ2n) is 7.61. The molecule has 3 aromatic rings. The summed E-state index contributed by atoms with van der Waals surface area (Å²) in [7, 11) is -3.54. The number of amides is 1. The number of carbonyl (C=O) groups excluding carboxylic acids is 1. The van der Waals surface area contributed by atoms with Crippen molar-refractivity contribution in [1.82, 2.24) is 0 Å². The average molecular weight is 423 g/mol. The fourth-order valence-corrected chi connectivity index (χ4v) is 5.45. The smallest absolute Gasteiger partial charge is 0.267 e. The largest absolute Gasteiger partial charge is 0.476 e. The van der Waals surface area contributed by atoms with Gasteiger partial charge in [-0.3, -0.25) is 9.10 Å². The van der Waals surface area contributed by atoms with Crippen LogP contribution in [0.5, 0.6) is 5.75 Å². The third-order valence-corrected chi connectivity index (χ3v) is 7.61. The van der Waals surface area contributed by atoms with Crippen molar-refractivity contribution in [3.8, 4) is 5.75 Å². The highest BCUT2D eigenvalue weighted by molar-refractivity contribution is 7.92. The van der Waals surface area contributed by atoms with Crippen molar-refractivity contribution in [3.63, 3.8) is 0 Å². The molecule has 1 heterocycles. The van der Waals surface area contributed by atoms with Crippen LogP contribution in [0.1, 0.15) is 18.1 Å². The summed E-state index contributed by atoms with van der Waals surface area (Å²) in [6.45, 7) is 1.54. The zero-order chi connectivity index (χ0) is 20.9. The lowest BCUT2D eigenvalue weighted by Crippen LogP contribution is -2.49. The maximum atomic E-state index is 13.1. The number of fused-ring (bicyclic) bond motifs is 1. The predicted molar refractivity (Wildman–Crippen MR) is 118 cm³/mol. The number of carbonyl (C=O) groups is 1. The highest BCUT2D eigenvalue weighted by Crippen LogP contribution is 2.37. The molecule has 0 spiro atoms. The molecule has 154 valence electrons. The lowest BCUT2D eigenvalue weighted by Gasteiger charge is -2.34. The fraction of sp³-hybridized carbons (Fsp3) is 0.261. The molecule has 1 amide bonds. The normalized spacial score (nSPS) is 17.5. The van der Waals surface area contributed by atoms with Gasteiger partial charge in [-0.1, -0.05) is 36.4 Å². The zero-order valence-electron chi connectivity index (χ0n) is 16.6. The van der Waals surface area contributed by atoms with Crippen LogP contribution >= 0.6 is 0 Å². The van der Waals surface area contributed by atoms with Gasteiger partial charge < -0.3 is 10.1 Å². The minimum absolute atomic E-state index is 0.0510. The molecular formula is C23H22N2O4S. The van der Waals surface area contributed by atoms with E-state index in [1.54, 1.807) is 31.2 Å². The van der Waals surface area contributed by atoms with Gasteiger partial charge in [0.25, 0.3) is 5.91 Å². The van der Waals surface area contributed by atoms with Crippen LogP contribution in [0.4, 0.5) is 11.4 Å². The Morgan fingerprint density at radius 2 is 1.83 bits per heavy atom. The number of nitrogens with one attached hydrogen (secondary N) is 1. The minimum Gasteiger partial charge on any atom is -0.476 e. The van der Waals surface area contributed by atoms with Gasteiger partial charge in [-0.25, -0.2) is 8.42 Å². The number of sulfonamides is 1. The van der Waals surface area contributed by atoms with E-state index in [4.69, 9.17) is 4.74 Å². The molecule has 0 fully saturated rings. The minimum atomic E-state index is -3.54. The number of anilines is 2. The van der Waals surface area contributed by atoms with Crippen LogP contribution < -0.4 is 14.4 Å². The van der Waals surface area contributed by atoms with E-state index in [1.807, 2.05) is 18.2 Å². The first kappa shape index (κ1) is 18.9. The molecule has 1 N–H and O–H groups in total. The summed E-state index contributed by atoms with van der Waals surface area (Å²) in [6.07, 6.45) is 1.08. The molecule has 0 saturated carbocycles. The standard InChI is InChI=1S/C23H22N2O4S/c1-2-30(27,28)25-14-21(29-20-9-4-3-8-19(20)25)23(26)24-18-13-12-16-11-10-15-6-5-7-17(18)22(15)16/h3-9,12-13,21H,2,10-11,14H2,1H3,(H,24,26). The fourth-order valence-electron chi connectivity index (χ4n) is 4.33. The Kier molecular flexibility index (Phi) is 4.43. The van der Waals surface area contributed by atoms with Gasteiger partial charge in [-0.15, -0.1) is 0 Å². The molecular weight excluding hydrogens is 400 g/mol. The van der Waals surface area contributed by atoms with E-state index in [0.717, 1.165) is 23.9 Å². The summed E-state index contributed by atoms with van der Waals surface area (Å²) in [5.74, 6) is -0.0225. The van der Waals surface area contributed by atoms with Crippen molar-refractivity contribution in [3.05, 3.63) is 65.7 Å². The Morgan fingerprint density at radius 1 is 1.07 bits per heavy atom. The summed E-state index contributed by atoms with van der Waals surface area (Å²) in [6, 6.07) is 17.0. The van der Waals surface area contributed by atoms with Crippen LogP contribution in [0.25, 0.3) is 10.8 Å². The Hall–Kier alpha value is -3.06. The lowest BCUT2D eigenvalue weighted by molar-refractivity contribution is -0.122. The van der Waals surface area contributed by atoms with Crippen molar-refractivity contribution >= 4 is 38.1 Å². The average Bonchev–Trinajstić information content (AvgIpc) is 3.19. The third-order valence-electron chi connectivity index (χ3n) is 5.86. The number of aryl methyl sites for hydroxylation is 2. The molecule has 3 aromatic carbocycles. The van der Waals surface area contributed by atoms with Crippen LogP contribution in [-0.2, 0) is 27.7 Å². The first-order valence-corrected chi connectivity index (χ1v) is 11.7. The molecule has 0 bridgehead atoms. The SMILES string of the molecule is CCS(=O)(=O)N1CC(C(=O)Nc2ccc3c4c(cccc24)CC3)Oc2ccccc21. The number of hydrogen-bond donors (Lipinski definition) is 1. The van der Waals surface area contributed by atoms with Crippen LogP contribution in [-0.4, -0.2) is 32.7 Å². The van der Waals surface area contributed by atoms with E-state index >= 15 is 0 Å². The van der Waals surface area contributed by atoms with Crippen molar-refractivity contribution in [2.75, 3.05) is 21.9 Å². The maximum absolute atomic E-state index is 13.1. The van der Waals surface area contributed by atoms with E-state index in [-0.39, 0.29) is 18.2 Å². The maximum Gasteiger partial charge on any atom is 0.267 e. The number of rotatable bonds is 4. The van der Waals surface area contributed by atoms with Crippen molar-refractivity contribution in [1.29, 1.82) is 0 Å². The topological polar surface area (TPSA) is 75.7 Å². The van der Waals surface area contributed by atoms with Gasteiger partial charge in [-0.05, 0) is 54.5 Å². The van der Waals surface area contributed by atoms with Crippen LogP contribution in [0.2, 0.25) is 0 Å². The highest BCUT2D eigenvalue weighted by Gasteiger charge is 2.36. The molecule has 0 radical (unpaired) electrons. The molecule has 1 unspecified atom stereocenters.